The summed E-state index contributed by atoms with van der Waals surface area (Å²) in [5, 5.41) is 14.4. The number of fused-ring (bicyclic) bond motifs is 1. The third kappa shape index (κ3) is 3.45. The van der Waals surface area contributed by atoms with Gasteiger partial charge in [-0.05, 0) is 50.2 Å². The Balaban J connectivity index is 1.43. The first-order valence-corrected chi connectivity index (χ1v) is 11.3. The summed E-state index contributed by atoms with van der Waals surface area (Å²) in [7, 11) is 1.85. The van der Waals surface area contributed by atoms with Crippen molar-refractivity contribution in [2.75, 3.05) is 23.7 Å². The first kappa shape index (κ1) is 20.2. The lowest BCUT2D eigenvalue weighted by Gasteiger charge is -2.40. The van der Waals surface area contributed by atoms with Gasteiger partial charge in [0.25, 0.3) is 0 Å². The first-order chi connectivity index (χ1) is 14.9. The van der Waals surface area contributed by atoms with Crippen LogP contribution in [0.4, 0.5) is 11.6 Å². The number of aryl methyl sites for hydroxylation is 2. The second-order valence-corrected chi connectivity index (χ2v) is 9.48. The number of hydrogen-bond acceptors (Lipinski definition) is 6. The van der Waals surface area contributed by atoms with Gasteiger partial charge in [0.1, 0.15) is 5.69 Å². The molecule has 5 rings (SSSR count). The molecule has 0 unspecified atom stereocenters. The van der Waals surface area contributed by atoms with Crippen LogP contribution < -0.4 is 10.6 Å². The van der Waals surface area contributed by atoms with E-state index in [1.54, 1.807) is 10.7 Å². The number of nitrogens with zero attached hydrogens (tertiary/aromatic N) is 5. The molecule has 31 heavy (non-hydrogen) atoms. The van der Waals surface area contributed by atoms with Gasteiger partial charge in [0.05, 0.1) is 21.9 Å². The molecule has 3 heterocycles. The lowest BCUT2D eigenvalue weighted by atomic mass is 9.77. The van der Waals surface area contributed by atoms with Crippen molar-refractivity contribution in [1.82, 2.24) is 19.7 Å². The summed E-state index contributed by atoms with van der Waals surface area (Å²) in [6.45, 7) is 3.94. The molecule has 2 aliphatic rings. The van der Waals surface area contributed by atoms with E-state index < -0.39 is 0 Å². The number of nitrogens with two attached hydrogens (primary N) is 1. The summed E-state index contributed by atoms with van der Waals surface area (Å²) in [6, 6.07) is 3.67. The molecule has 1 spiro atoms. The molecular formula is C23H28ClN7. The molecule has 3 aromatic rings. The van der Waals surface area contributed by atoms with Gasteiger partial charge in [0.15, 0.2) is 11.6 Å². The Bertz CT molecular complexity index is 1170. The van der Waals surface area contributed by atoms with Gasteiger partial charge in [0.2, 0.25) is 0 Å². The van der Waals surface area contributed by atoms with Gasteiger partial charge in [-0.2, -0.15) is 5.10 Å². The van der Waals surface area contributed by atoms with Crippen LogP contribution in [0.3, 0.4) is 0 Å². The van der Waals surface area contributed by atoms with Gasteiger partial charge in [-0.25, -0.2) is 9.97 Å². The van der Waals surface area contributed by atoms with Crippen LogP contribution in [0.15, 0.2) is 18.3 Å². The summed E-state index contributed by atoms with van der Waals surface area (Å²) >= 11 is 6.61. The molecule has 0 atom stereocenters. The molecule has 1 aromatic carbocycles. The topological polar surface area (TPSA) is 96.7 Å². The van der Waals surface area contributed by atoms with Crippen molar-refractivity contribution >= 4 is 39.9 Å². The van der Waals surface area contributed by atoms with Gasteiger partial charge >= 0.3 is 0 Å². The number of anilines is 2. The van der Waals surface area contributed by atoms with Crippen molar-refractivity contribution in [3.05, 3.63) is 40.3 Å². The first-order valence-electron chi connectivity index (χ1n) is 11.0. The quantitative estimate of drug-likeness (QED) is 0.588. The van der Waals surface area contributed by atoms with E-state index >= 15 is 0 Å². The SMILES string of the molecule is Cc1nc(C(=N)c2ccc3nn(C)cc3c2Cl)c(N)nc1N1CCC2(CCCC2)CC1. The van der Waals surface area contributed by atoms with Crippen LogP contribution >= 0.6 is 11.6 Å². The Labute approximate surface area is 187 Å². The fraction of sp³-hybridized carbons (Fsp3) is 0.478. The van der Waals surface area contributed by atoms with Crippen molar-refractivity contribution in [2.45, 2.75) is 45.4 Å². The van der Waals surface area contributed by atoms with Crippen LogP contribution in [0, 0.1) is 17.7 Å². The Kier molecular flexibility index (Phi) is 4.88. The van der Waals surface area contributed by atoms with E-state index in [9.17, 15) is 0 Å². The zero-order chi connectivity index (χ0) is 21.8. The van der Waals surface area contributed by atoms with E-state index in [0.717, 1.165) is 35.5 Å². The van der Waals surface area contributed by atoms with Crippen LogP contribution in [0.5, 0.6) is 0 Å². The lowest BCUT2D eigenvalue weighted by molar-refractivity contribution is 0.226. The molecular weight excluding hydrogens is 410 g/mol. The number of hydrogen-bond donors (Lipinski definition) is 2. The lowest BCUT2D eigenvalue weighted by Crippen LogP contribution is -2.40. The Morgan fingerprint density at radius 3 is 2.55 bits per heavy atom. The summed E-state index contributed by atoms with van der Waals surface area (Å²) in [5.41, 5.74) is 9.59. The summed E-state index contributed by atoms with van der Waals surface area (Å²) in [6.07, 6.45) is 9.76. The van der Waals surface area contributed by atoms with Crippen molar-refractivity contribution < 1.29 is 0 Å². The van der Waals surface area contributed by atoms with Crippen LogP contribution in [0.25, 0.3) is 10.9 Å². The predicted molar refractivity (Wildman–Crippen MR) is 125 cm³/mol. The van der Waals surface area contributed by atoms with Crippen molar-refractivity contribution in [2.24, 2.45) is 12.5 Å². The van der Waals surface area contributed by atoms with E-state index in [-0.39, 0.29) is 11.5 Å². The zero-order valence-corrected chi connectivity index (χ0v) is 18.8. The van der Waals surface area contributed by atoms with Crippen molar-refractivity contribution in [1.29, 1.82) is 5.41 Å². The fourth-order valence-corrected chi connectivity index (χ4v) is 5.63. The Morgan fingerprint density at radius 2 is 1.84 bits per heavy atom. The minimum atomic E-state index is 0.180. The molecule has 8 heteroatoms. The smallest absolute Gasteiger partial charge is 0.154 e. The number of aromatic nitrogens is 4. The predicted octanol–water partition coefficient (Wildman–Crippen LogP) is 4.48. The van der Waals surface area contributed by atoms with E-state index in [1.807, 2.05) is 26.2 Å². The van der Waals surface area contributed by atoms with E-state index in [0.29, 0.717) is 21.7 Å². The fourth-order valence-electron chi connectivity index (χ4n) is 5.32. The van der Waals surface area contributed by atoms with Crippen LogP contribution in [0.2, 0.25) is 5.02 Å². The standard InChI is InChI=1S/C23H28ClN7/c1-14-22(31-11-9-23(10-12-31)7-3-4-8-23)28-21(26)20(27-14)19(25)15-5-6-17-16(18(15)24)13-30(2)29-17/h5-6,13,25H,3-4,7-12H2,1-2H3,(H2,26,28). The van der Waals surface area contributed by atoms with Gasteiger partial charge in [0, 0.05) is 37.3 Å². The van der Waals surface area contributed by atoms with Gasteiger partial charge in [-0.3, -0.25) is 10.1 Å². The van der Waals surface area contributed by atoms with Gasteiger partial charge in [-0.15, -0.1) is 0 Å². The number of halogens is 1. The number of nitrogens with one attached hydrogen (secondary N) is 1. The molecule has 2 aromatic heterocycles. The molecule has 1 saturated carbocycles. The second kappa shape index (κ2) is 7.48. The largest absolute Gasteiger partial charge is 0.382 e. The molecule has 3 N–H and O–H groups in total. The highest BCUT2D eigenvalue weighted by Crippen LogP contribution is 2.46. The van der Waals surface area contributed by atoms with Gasteiger partial charge < -0.3 is 10.6 Å². The second-order valence-electron chi connectivity index (χ2n) is 9.10. The minimum absolute atomic E-state index is 0.180. The Morgan fingerprint density at radius 1 is 1.13 bits per heavy atom. The van der Waals surface area contributed by atoms with E-state index in [2.05, 4.69) is 10.00 Å². The molecule has 162 valence electrons. The molecule has 2 fully saturated rings. The zero-order valence-electron chi connectivity index (χ0n) is 18.1. The molecule has 0 bridgehead atoms. The van der Waals surface area contributed by atoms with Crippen molar-refractivity contribution in [3.63, 3.8) is 0 Å². The van der Waals surface area contributed by atoms with Gasteiger partial charge in [-0.1, -0.05) is 24.4 Å². The highest BCUT2D eigenvalue weighted by Gasteiger charge is 2.37. The average Bonchev–Trinajstić information content (AvgIpc) is 3.36. The summed E-state index contributed by atoms with van der Waals surface area (Å²) < 4.78 is 1.71. The highest BCUT2D eigenvalue weighted by molar-refractivity contribution is 6.39. The highest BCUT2D eigenvalue weighted by atomic mass is 35.5. The molecule has 0 amide bonds. The van der Waals surface area contributed by atoms with E-state index in [1.165, 1.54) is 38.5 Å². The average molecular weight is 438 g/mol. The Hall–Kier alpha value is -2.67. The molecule has 1 aliphatic heterocycles. The number of nitrogen functional groups attached to an aromatic ring is 1. The van der Waals surface area contributed by atoms with Crippen LogP contribution in [-0.4, -0.2) is 38.5 Å². The third-order valence-electron chi connectivity index (χ3n) is 7.10. The molecule has 0 radical (unpaired) electrons. The van der Waals surface area contributed by atoms with E-state index in [4.69, 9.17) is 32.7 Å². The number of rotatable bonds is 3. The monoisotopic (exact) mass is 437 g/mol. The maximum Gasteiger partial charge on any atom is 0.154 e. The molecule has 7 nitrogen and oxygen atoms in total. The maximum absolute atomic E-state index is 8.75. The van der Waals surface area contributed by atoms with Crippen LogP contribution in [0.1, 0.15) is 55.5 Å². The summed E-state index contributed by atoms with van der Waals surface area (Å²) in [4.78, 5) is 11.7. The minimum Gasteiger partial charge on any atom is -0.382 e. The molecule has 1 saturated heterocycles. The number of benzene rings is 1. The van der Waals surface area contributed by atoms with Crippen LogP contribution in [-0.2, 0) is 7.05 Å². The van der Waals surface area contributed by atoms with Crippen molar-refractivity contribution in [3.8, 4) is 0 Å². The third-order valence-corrected chi connectivity index (χ3v) is 7.51. The normalized spacial score (nSPS) is 18.2. The maximum atomic E-state index is 8.75. The number of piperidine rings is 1. The summed E-state index contributed by atoms with van der Waals surface area (Å²) in [5.74, 6) is 1.12. The molecule has 1 aliphatic carbocycles.